The van der Waals surface area contributed by atoms with Gasteiger partial charge in [0.25, 0.3) is 0 Å². The summed E-state index contributed by atoms with van der Waals surface area (Å²) in [4.78, 5) is 0. The topological polar surface area (TPSA) is 58.3 Å². The third-order valence-electron chi connectivity index (χ3n) is 4.45. The lowest BCUT2D eigenvalue weighted by Gasteiger charge is -2.54. The van der Waals surface area contributed by atoms with Crippen LogP contribution in [0.15, 0.2) is 0 Å². The highest BCUT2D eigenvalue weighted by Crippen LogP contribution is 2.42. The van der Waals surface area contributed by atoms with Crippen molar-refractivity contribution in [3.8, 4) is 0 Å². The molecule has 1 atom stereocenters. The molecule has 3 heteroatoms. The van der Waals surface area contributed by atoms with E-state index in [1.54, 1.807) is 0 Å². The molecule has 1 aliphatic heterocycles. The highest BCUT2D eigenvalue weighted by Gasteiger charge is 2.51. The van der Waals surface area contributed by atoms with Crippen molar-refractivity contribution >= 4 is 0 Å². The van der Waals surface area contributed by atoms with Crippen molar-refractivity contribution in [2.24, 2.45) is 11.7 Å². The van der Waals surface area contributed by atoms with E-state index in [4.69, 9.17) is 5.73 Å². The van der Waals surface area contributed by atoms with E-state index in [1.165, 1.54) is 19.3 Å². The molecule has 1 unspecified atom stereocenters. The fourth-order valence-corrected chi connectivity index (χ4v) is 4.07. The van der Waals surface area contributed by atoms with Crippen LogP contribution in [0.3, 0.4) is 0 Å². The Kier molecular flexibility index (Phi) is 3.08. The van der Waals surface area contributed by atoms with E-state index >= 15 is 0 Å². The summed E-state index contributed by atoms with van der Waals surface area (Å²) in [6.45, 7) is 8.64. The average molecular weight is 240 g/mol. The molecule has 0 aromatic carbocycles. The van der Waals surface area contributed by atoms with Crippen LogP contribution >= 0.6 is 0 Å². The smallest absolute Gasteiger partial charge is 0.0835 e. The number of piperidine rings is 1. The number of aliphatic hydroxyl groups is 1. The molecule has 0 aromatic rings. The highest BCUT2D eigenvalue weighted by atomic mass is 16.3. The highest BCUT2D eigenvalue weighted by molar-refractivity contribution is 5.09. The standard InChI is InChI=1S/C14H28N2O/c1-12(2)8-14(17,9-13(3,4)16-12)11(15)10-6-5-7-10/h10-11,16-17H,5-9,15H2,1-4H3. The van der Waals surface area contributed by atoms with E-state index in [1.807, 2.05) is 0 Å². The van der Waals surface area contributed by atoms with Gasteiger partial charge in [0.05, 0.1) is 5.60 Å². The van der Waals surface area contributed by atoms with Gasteiger partial charge in [-0.2, -0.15) is 0 Å². The molecule has 0 bridgehead atoms. The summed E-state index contributed by atoms with van der Waals surface area (Å²) < 4.78 is 0. The molecule has 0 aromatic heterocycles. The monoisotopic (exact) mass is 240 g/mol. The van der Waals surface area contributed by atoms with Gasteiger partial charge in [0.1, 0.15) is 0 Å². The first kappa shape index (κ1) is 13.3. The lowest BCUT2D eigenvalue weighted by molar-refractivity contribution is -0.0918. The van der Waals surface area contributed by atoms with Crippen molar-refractivity contribution < 1.29 is 5.11 Å². The summed E-state index contributed by atoms with van der Waals surface area (Å²) in [5.41, 5.74) is 5.56. The first-order valence-electron chi connectivity index (χ1n) is 6.91. The fourth-order valence-electron chi connectivity index (χ4n) is 4.07. The molecule has 1 saturated heterocycles. The predicted octanol–water partition coefficient (Wildman–Crippen LogP) is 1.79. The average Bonchev–Trinajstić information content (AvgIpc) is 1.92. The van der Waals surface area contributed by atoms with Gasteiger partial charge < -0.3 is 16.2 Å². The second-order valence-electron chi connectivity index (χ2n) is 7.57. The van der Waals surface area contributed by atoms with Crippen molar-refractivity contribution in [3.05, 3.63) is 0 Å². The molecule has 2 aliphatic rings. The number of hydrogen-bond donors (Lipinski definition) is 3. The van der Waals surface area contributed by atoms with Gasteiger partial charge in [-0.05, 0) is 59.3 Å². The minimum absolute atomic E-state index is 0.0438. The first-order valence-corrected chi connectivity index (χ1v) is 6.91. The van der Waals surface area contributed by atoms with E-state index in [9.17, 15) is 5.11 Å². The Balaban J connectivity index is 2.17. The maximum atomic E-state index is 11.0. The zero-order valence-electron chi connectivity index (χ0n) is 11.7. The van der Waals surface area contributed by atoms with Crippen LogP contribution in [-0.2, 0) is 0 Å². The van der Waals surface area contributed by atoms with Crippen LogP contribution < -0.4 is 11.1 Å². The quantitative estimate of drug-likeness (QED) is 0.689. The normalized spacial score (nSPS) is 32.8. The molecular formula is C14H28N2O. The van der Waals surface area contributed by atoms with E-state index in [-0.39, 0.29) is 17.1 Å². The van der Waals surface area contributed by atoms with Crippen LogP contribution in [0.5, 0.6) is 0 Å². The van der Waals surface area contributed by atoms with Crippen molar-refractivity contribution in [3.63, 3.8) is 0 Å². The molecule has 1 saturated carbocycles. The number of nitrogens with two attached hydrogens (primary N) is 1. The van der Waals surface area contributed by atoms with Crippen molar-refractivity contribution in [2.45, 2.75) is 82.5 Å². The number of rotatable bonds is 2. The van der Waals surface area contributed by atoms with Crippen LogP contribution in [0, 0.1) is 5.92 Å². The van der Waals surface area contributed by atoms with Gasteiger partial charge in [-0.25, -0.2) is 0 Å². The van der Waals surface area contributed by atoms with Gasteiger partial charge in [-0.3, -0.25) is 0 Å². The molecule has 1 heterocycles. The van der Waals surface area contributed by atoms with Crippen LogP contribution in [0.4, 0.5) is 0 Å². The van der Waals surface area contributed by atoms with E-state index in [0.717, 1.165) is 12.8 Å². The number of nitrogens with one attached hydrogen (secondary N) is 1. The Bertz CT molecular complexity index is 279. The van der Waals surface area contributed by atoms with E-state index in [0.29, 0.717) is 5.92 Å². The number of hydrogen-bond acceptors (Lipinski definition) is 3. The van der Waals surface area contributed by atoms with E-state index in [2.05, 4.69) is 33.0 Å². The molecule has 100 valence electrons. The lowest BCUT2D eigenvalue weighted by atomic mass is 9.64. The fraction of sp³-hybridized carbons (Fsp3) is 1.00. The predicted molar refractivity (Wildman–Crippen MR) is 70.8 cm³/mol. The van der Waals surface area contributed by atoms with Gasteiger partial charge in [0, 0.05) is 17.1 Å². The Labute approximate surface area is 105 Å². The van der Waals surface area contributed by atoms with Gasteiger partial charge in [0.15, 0.2) is 0 Å². The first-order chi connectivity index (χ1) is 7.64. The van der Waals surface area contributed by atoms with Gasteiger partial charge in [0.2, 0.25) is 0 Å². The molecule has 0 radical (unpaired) electrons. The van der Waals surface area contributed by atoms with Crippen molar-refractivity contribution in [2.75, 3.05) is 0 Å². The molecule has 3 nitrogen and oxygen atoms in total. The van der Waals surface area contributed by atoms with Gasteiger partial charge in [-0.1, -0.05) is 6.42 Å². The zero-order valence-corrected chi connectivity index (χ0v) is 11.7. The SMILES string of the molecule is CC1(C)CC(O)(C(N)C2CCC2)CC(C)(C)N1. The Hall–Kier alpha value is -0.120. The largest absolute Gasteiger partial charge is 0.388 e. The maximum Gasteiger partial charge on any atom is 0.0835 e. The molecule has 1 aliphatic carbocycles. The maximum absolute atomic E-state index is 11.0. The molecule has 17 heavy (non-hydrogen) atoms. The second kappa shape index (κ2) is 3.94. The minimum Gasteiger partial charge on any atom is -0.388 e. The van der Waals surface area contributed by atoms with Crippen LogP contribution in [-0.4, -0.2) is 27.8 Å². The van der Waals surface area contributed by atoms with Crippen molar-refractivity contribution in [1.82, 2.24) is 5.32 Å². The Morgan fingerprint density at radius 1 is 1.12 bits per heavy atom. The minimum atomic E-state index is -0.705. The summed E-state index contributed by atoms with van der Waals surface area (Å²) in [5.74, 6) is 0.532. The van der Waals surface area contributed by atoms with Gasteiger partial charge in [-0.15, -0.1) is 0 Å². The molecule has 4 N–H and O–H groups in total. The third kappa shape index (κ3) is 2.67. The Morgan fingerprint density at radius 3 is 1.94 bits per heavy atom. The van der Waals surface area contributed by atoms with Crippen molar-refractivity contribution in [1.29, 1.82) is 0 Å². The third-order valence-corrected chi connectivity index (χ3v) is 4.45. The molecular weight excluding hydrogens is 212 g/mol. The van der Waals surface area contributed by atoms with Crippen LogP contribution in [0.25, 0.3) is 0 Å². The van der Waals surface area contributed by atoms with E-state index < -0.39 is 5.60 Å². The summed E-state index contributed by atoms with van der Waals surface area (Å²) in [6, 6.07) is -0.0584. The molecule has 2 rings (SSSR count). The summed E-state index contributed by atoms with van der Waals surface area (Å²) in [7, 11) is 0. The van der Waals surface area contributed by atoms with Crippen LogP contribution in [0.2, 0.25) is 0 Å². The Morgan fingerprint density at radius 2 is 1.59 bits per heavy atom. The van der Waals surface area contributed by atoms with Crippen LogP contribution in [0.1, 0.15) is 59.8 Å². The lowest BCUT2D eigenvalue weighted by Crippen LogP contribution is -2.69. The molecule has 0 spiro atoms. The second-order valence-corrected chi connectivity index (χ2v) is 7.57. The summed E-state index contributed by atoms with van der Waals surface area (Å²) in [5, 5.41) is 14.6. The summed E-state index contributed by atoms with van der Waals surface area (Å²) >= 11 is 0. The molecule has 0 amide bonds. The summed E-state index contributed by atoms with van der Waals surface area (Å²) in [6.07, 6.45) is 5.16. The van der Waals surface area contributed by atoms with Gasteiger partial charge >= 0.3 is 0 Å². The molecule has 2 fully saturated rings. The zero-order chi connectivity index (χ0) is 12.9.